The van der Waals surface area contributed by atoms with Crippen LogP contribution in [0.25, 0.3) is 11.1 Å². The molecular weight excluding hydrogens is 823 g/mol. The molecule has 5 aromatic rings. The fourth-order valence-electron chi connectivity index (χ4n) is 11.5. The molecule has 0 radical (unpaired) electrons. The van der Waals surface area contributed by atoms with Crippen LogP contribution >= 0.6 is 0 Å². The predicted molar refractivity (Wildman–Crippen MR) is 256 cm³/mol. The first-order valence-corrected chi connectivity index (χ1v) is 24.0. The Hall–Kier alpha value is -6.26. The van der Waals surface area contributed by atoms with Crippen molar-refractivity contribution in [1.29, 1.82) is 0 Å². The number of nitrogens with zero attached hydrogens (tertiary/aromatic N) is 1. The fourth-order valence-corrected chi connectivity index (χ4v) is 11.5. The maximum atomic E-state index is 15.1. The summed E-state index contributed by atoms with van der Waals surface area (Å²) in [6, 6.07) is 37.3. The Balaban J connectivity index is 0.863. The van der Waals surface area contributed by atoms with Crippen molar-refractivity contribution in [3.05, 3.63) is 165 Å². The molecule has 10 nitrogen and oxygen atoms in total. The molecule has 10 heteroatoms. The number of fused-ring (bicyclic) bond motifs is 6. The number of alkyl carbamates (subject to hydrolysis) is 1. The topological polar surface area (TPSA) is 129 Å². The summed E-state index contributed by atoms with van der Waals surface area (Å²) < 4.78 is 5.97. The quantitative estimate of drug-likeness (QED) is 0.117. The molecule has 5 aliphatic rings. The summed E-state index contributed by atoms with van der Waals surface area (Å²) in [5, 5.41) is 13.2. The molecule has 66 heavy (non-hydrogen) atoms. The molecule has 2 heterocycles. The molecule has 4 amide bonds. The molecule has 0 saturated carbocycles. The highest BCUT2D eigenvalue weighted by Gasteiger charge is 2.46. The maximum absolute atomic E-state index is 15.1. The molecule has 4 N–H and O–H groups in total. The van der Waals surface area contributed by atoms with Gasteiger partial charge in [-0.2, -0.15) is 0 Å². The maximum Gasteiger partial charge on any atom is 0.407 e. The zero-order valence-electron chi connectivity index (χ0n) is 38.3. The summed E-state index contributed by atoms with van der Waals surface area (Å²) in [4.78, 5) is 58.9. The van der Waals surface area contributed by atoms with Gasteiger partial charge in [-0.05, 0) is 118 Å². The van der Waals surface area contributed by atoms with E-state index in [0.717, 1.165) is 83.0 Å². The van der Waals surface area contributed by atoms with Gasteiger partial charge >= 0.3 is 6.09 Å². The smallest absolute Gasteiger partial charge is 0.407 e. The first kappa shape index (κ1) is 43.6. The number of likely N-dealkylation sites (tertiary alicyclic amines) is 1. The normalized spacial score (nSPS) is 22.4. The number of nitrogens with one attached hydrogen (secondary N) is 4. The number of carbonyl (C=O) groups is 4. The summed E-state index contributed by atoms with van der Waals surface area (Å²) in [6.45, 7) is 6.77. The van der Waals surface area contributed by atoms with E-state index < -0.39 is 23.6 Å². The molecule has 3 aliphatic carbocycles. The van der Waals surface area contributed by atoms with Crippen molar-refractivity contribution >= 4 is 23.8 Å². The van der Waals surface area contributed by atoms with Gasteiger partial charge < -0.3 is 30.9 Å². The van der Waals surface area contributed by atoms with E-state index in [0.29, 0.717) is 25.9 Å². The lowest BCUT2D eigenvalue weighted by molar-refractivity contribution is -0.142. The average molecular weight is 884 g/mol. The minimum Gasteiger partial charge on any atom is -0.449 e. The molecule has 0 spiro atoms. The Labute approximate surface area is 388 Å². The summed E-state index contributed by atoms with van der Waals surface area (Å²) in [7, 11) is 0. The highest BCUT2D eigenvalue weighted by atomic mass is 16.5. The molecule has 0 bridgehead atoms. The van der Waals surface area contributed by atoms with Crippen molar-refractivity contribution in [1.82, 2.24) is 26.2 Å². The van der Waals surface area contributed by atoms with Crippen LogP contribution in [0.5, 0.6) is 0 Å². The van der Waals surface area contributed by atoms with E-state index in [9.17, 15) is 14.4 Å². The zero-order chi connectivity index (χ0) is 45.5. The minimum absolute atomic E-state index is 0.0194. The molecule has 1 fully saturated rings. The second-order valence-corrected chi connectivity index (χ2v) is 20.2. The molecule has 0 aromatic heterocycles. The largest absolute Gasteiger partial charge is 0.449 e. The number of carbonyl (C=O) groups excluding carboxylic acids is 4. The standard InChI is InChI=1S/C56H61N5O5/c1-56(2,3)51(60-55(65)66-33-46-44-22-10-8-20-42(44)43-21-9-11-23-45(43)46)54(64)61-32-39(30-50(61)53(63)59-48-25-13-17-35-15-5-7-19-41(35)48)36-26-27-37-29-49(57-31-38(37)28-36)52(62)58-47-24-12-16-34-14-4-6-18-40(34)47/h4-11,14-15,18-23,26-28,39,46-51,57H,12-13,16-17,24-25,29-33H2,1-3H3,(H,58,62)(H,59,63)(H,60,65)/t39-,47+,48+,49-,50-,51+/m0/s1. The number of ether oxygens (including phenoxy) is 1. The highest BCUT2D eigenvalue weighted by molar-refractivity contribution is 5.93. The van der Waals surface area contributed by atoms with Gasteiger partial charge in [-0.15, -0.1) is 0 Å². The lowest BCUT2D eigenvalue weighted by Crippen LogP contribution is -2.58. The Morgan fingerprint density at radius 2 is 1.27 bits per heavy atom. The third-order valence-electron chi connectivity index (χ3n) is 15.0. The van der Waals surface area contributed by atoms with Gasteiger partial charge in [0.05, 0.1) is 18.1 Å². The molecule has 6 atom stereocenters. The summed E-state index contributed by atoms with van der Waals surface area (Å²) in [5.41, 5.74) is 12.0. The van der Waals surface area contributed by atoms with Crippen molar-refractivity contribution < 1.29 is 23.9 Å². The van der Waals surface area contributed by atoms with Crippen molar-refractivity contribution in [3.63, 3.8) is 0 Å². The van der Waals surface area contributed by atoms with E-state index in [1.807, 2.05) is 63.2 Å². The average Bonchev–Trinajstić information content (AvgIpc) is 3.92. The zero-order valence-corrected chi connectivity index (χ0v) is 38.3. The molecule has 0 unspecified atom stereocenters. The number of hydrogen-bond acceptors (Lipinski definition) is 6. The van der Waals surface area contributed by atoms with Gasteiger partial charge in [0.2, 0.25) is 17.7 Å². The van der Waals surface area contributed by atoms with E-state index in [2.05, 4.69) is 94.1 Å². The first-order valence-electron chi connectivity index (χ1n) is 24.0. The summed E-state index contributed by atoms with van der Waals surface area (Å²) in [5.74, 6) is -0.729. The second-order valence-electron chi connectivity index (χ2n) is 20.2. The van der Waals surface area contributed by atoms with Gasteiger partial charge in [-0.25, -0.2) is 4.79 Å². The summed E-state index contributed by atoms with van der Waals surface area (Å²) in [6.07, 6.45) is 6.15. The van der Waals surface area contributed by atoms with Crippen LogP contribution in [0, 0.1) is 5.41 Å². The lowest BCUT2D eigenvalue weighted by Gasteiger charge is -2.36. The Morgan fingerprint density at radius 3 is 1.89 bits per heavy atom. The fraction of sp³-hybridized carbons (Fsp3) is 0.393. The predicted octanol–water partition coefficient (Wildman–Crippen LogP) is 8.73. The Kier molecular flexibility index (Phi) is 12.0. The van der Waals surface area contributed by atoms with Crippen LogP contribution in [0.1, 0.15) is 127 Å². The molecular formula is C56H61N5O5. The van der Waals surface area contributed by atoms with Crippen LogP contribution in [0.4, 0.5) is 4.79 Å². The van der Waals surface area contributed by atoms with Crippen molar-refractivity contribution in [2.24, 2.45) is 5.41 Å². The number of benzene rings is 5. The monoisotopic (exact) mass is 883 g/mol. The summed E-state index contributed by atoms with van der Waals surface area (Å²) >= 11 is 0. The van der Waals surface area contributed by atoms with Gasteiger partial charge in [-0.3, -0.25) is 14.4 Å². The van der Waals surface area contributed by atoms with E-state index in [1.54, 1.807) is 4.90 Å². The first-order chi connectivity index (χ1) is 32.0. The SMILES string of the molecule is CC(C)(C)[C@H](NC(=O)OCC1c2ccccc2-c2ccccc21)C(=O)N1C[C@@H](c2ccc3c(c2)CN[C@H](C(=O)N[C@@H]2CCCc4ccccc42)C3)C[C@H]1C(=O)N[C@@H]1CCCc2ccccc21. The highest BCUT2D eigenvalue weighted by Crippen LogP contribution is 2.45. The van der Waals surface area contributed by atoms with Crippen LogP contribution in [0.3, 0.4) is 0 Å². The minimum atomic E-state index is -0.962. The van der Waals surface area contributed by atoms with Crippen molar-refractivity contribution in [2.45, 2.75) is 121 Å². The van der Waals surface area contributed by atoms with Crippen molar-refractivity contribution in [3.8, 4) is 11.1 Å². The number of hydrogen-bond donors (Lipinski definition) is 4. The third-order valence-corrected chi connectivity index (χ3v) is 15.0. The Bertz CT molecular complexity index is 2630. The number of amides is 4. The molecule has 2 aliphatic heterocycles. The molecule has 340 valence electrons. The van der Waals surface area contributed by atoms with E-state index in [-0.39, 0.29) is 54.3 Å². The van der Waals surface area contributed by atoms with E-state index in [1.165, 1.54) is 16.7 Å². The molecule has 10 rings (SSSR count). The van der Waals surface area contributed by atoms with Gasteiger partial charge in [0.15, 0.2) is 0 Å². The van der Waals surface area contributed by atoms with E-state index in [4.69, 9.17) is 4.74 Å². The van der Waals surface area contributed by atoms with Gasteiger partial charge in [0, 0.05) is 24.9 Å². The number of aryl methyl sites for hydroxylation is 2. The van der Waals surface area contributed by atoms with E-state index >= 15 is 4.79 Å². The van der Waals surface area contributed by atoms with Crippen LogP contribution in [-0.4, -0.2) is 60.0 Å². The van der Waals surface area contributed by atoms with Crippen molar-refractivity contribution in [2.75, 3.05) is 13.2 Å². The van der Waals surface area contributed by atoms with Crippen LogP contribution in [-0.2, 0) is 44.9 Å². The van der Waals surface area contributed by atoms with Crippen LogP contribution < -0.4 is 21.3 Å². The Morgan fingerprint density at radius 1 is 0.697 bits per heavy atom. The number of rotatable bonds is 9. The molecule has 1 saturated heterocycles. The van der Waals surface area contributed by atoms with Crippen LogP contribution in [0.15, 0.2) is 115 Å². The second kappa shape index (κ2) is 18.2. The van der Waals surface area contributed by atoms with Gasteiger partial charge in [0.25, 0.3) is 0 Å². The lowest BCUT2D eigenvalue weighted by atomic mass is 9.85. The third kappa shape index (κ3) is 8.63. The van der Waals surface area contributed by atoms with Gasteiger partial charge in [0.1, 0.15) is 18.7 Å². The van der Waals surface area contributed by atoms with Crippen LogP contribution in [0.2, 0.25) is 0 Å². The molecule has 5 aromatic carbocycles. The van der Waals surface area contributed by atoms with Gasteiger partial charge in [-0.1, -0.05) is 136 Å².